The highest BCUT2D eigenvalue weighted by molar-refractivity contribution is 6.06. The zero-order valence-electron chi connectivity index (χ0n) is 28.6. The van der Waals surface area contributed by atoms with Crippen molar-refractivity contribution in [1.29, 1.82) is 0 Å². The summed E-state index contributed by atoms with van der Waals surface area (Å²) in [5.74, 6) is -0.825. The molecule has 4 N–H and O–H groups in total. The molecule has 0 fully saturated rings. The normalized spacial score (nSPS) is 10.6. The van der Waals surface area contributed by atoms with Crippen molar-refractivity contribution in [3.8, 4) is 11.4 Å². The molecule has 52 heavy (non-hydrogen) atoms. The average molecular weight is 689 g/mol. The molecule has 10 heteroatoms. The van der Waals surface area contributed by atoms with Gasteiger partial charge in [0.15, 0.2) is 0 Å². The molecule has 6 rings (SSSR count). The Morgan fingerprint density at radius 3 is 1.00 bits per heavy atom. The molecular formula is C42H36N6O4. The van der Waals surface area contributed by atoms with E-state index in [-0.39, 0.29) is 23.6 Å². The molecule has 2 aromatic heterocycles. The molecule has 6 aromatic rings. The second-order valence-electron chi connectivity index (χ2n) is 12.3. The van der Waals surface area contributed by atoms with Crippen molar-refractivity contribution in [1.82, 2.24) is 9.97 Å². The molecule has 0 unspecified atom stereocenters. The van der Waals surface area contributed by atoms with Crippen LogP contribution in [0.25, 0.3) is 11.4 Å². The third-order valence-corrected chi connectivity index (χ3v) is 8.10. The van der Waals surface area contributed by atoms with Crippen LogP contribution in [0.2, 0.25) is 0 Å². The van der Waals surface area contributed by atoms with Crippen LogP contribution in [0.3, 0.4) is 0 Å². The lowest BCUT2D eigenvalue weighted by atomic mass is 10.0. The van der Waals surface area contributed by atoms with Gasteiger partial charge in [-0.1, -0.05) is 48.5 Å². The van der Waals surface area contributed by atoms with Crippen LogP contribution in [0.5, 0.6) is 0 Å². The summed E-state index contributed by atoms with van der Waals surface area (Å²) in [4.78, 5) is 57.6. The van der Waals surface area contributed by atoms with E-state index in [9.17, 15) is 19.2 Å². The quantitative estimate of drug-likeness (QED) is 0.110. The lowest BCUT2D eigenvalue weighted by Gasteiger charge is -2.10. The summed E-state index contributed by atoms with van der Waals surface area (Å²) < 4.78 is 0. The zero-order chi connectivity index (χ0) is 36.5. The fourth-order valence-corrected chi connectivity index (χ4v) is 5.53. The number of pyridine rings is 2. The van der Waals surface area contributed by atoms with Gasteiger partial charge in [0.2, 0.25) is 11.8 Å². The van der Waals surface area contributed by atoms with Crippen LogP contribution >= 0.6 is 0 Å². The van der Waals surface area contributed by atoms with E-state index < -0.39 is 0 Å². The Kier molecular flexibility index (Phi) is 10.9. The summed E-state index contributed by atoms with van der Waals surface area (Å²) in [6.45, 7) is 2.95. The van der Waals surface area contributed by atoms with Crippen molar-refractivity contribution in [3.05, 3.63) is 167 Å². The van der Waals surface area contributed by atoms with Crippen molar-refractivity contribution >= 4 is 46.4 Å². The molecule has 0 aliphatic heterocycles. The predicted octanol–water partition coefficient (Wildman–Crippen LogP) is 7.75. The van der Waals surface area contributed by atoms with Gasteiger partial charge in [-0.2, -0.15) is 0 Å². The van der Waals surface area contributed by atoms with Gasteiger partial charge in [-0.3, -0.25) is 29.1 Å². The van der Waals surface area contributed by atoms with Crippen LogP contribution in [-0.2, 0) is 22.4 Å². The van der Waals surface area contributed by atoms with Crippen LogP contribution in [0.15, 0.2) is 134 Å². The van der Waals surface area contributed by atoms with Gasteiger partial charge in [0, 0.05) is 60.1 Å². The minimum absolute atomic E-state index is 0.111. The van der Waals surface area contributed by atoms with Crippen LogP contribution in [0.4, 0.5) is 22.7 Å². The van der Waals surface area contributed by atoms with Gasteiger partial charge in [0.1, 0.15) is 0 Å². The summed E-state index contributed by atoms with van der Waals surface area (Å²) in [5, 5.41) is 11.4. The number of nitrogens with one attached hydrogen (secondary N) is 4. The number of carbonyl (C=O) groups is 4. The molecule has 0 aliphatic carbocycles. The number of nitrogens with zero attached hydrogens (tertiary/aromatic N) is 2. The minimum Gasteiger partial charge on any atom is -0.326 e. The summed E-state index contributed by atoms with van der Waals surface area (Å²) in [5.41, 5.74) is 8.85. The van der Waals surface area contributed by atoms with Crippen molar-refractivity contribution in [2.75, 3.05) is 21.3 Å². The van der Waals surface area contributed by atoms with E-state index in [1.54, 1.807) is 24.3 Å². The maximum absolute atomic E-state index is 13.2. The molecule has 0 bridgehead atoms. The largest absolute Gasteiger partial charge is 0.326 e. The SMILES string of the molecule is CC(=O)Nc1ccc(Cc2ccc(NC(=O)c3ccnc(-c4cc(C(=O)Nc5ccc(Cc6ccc(NC(C)=O)cc6)cc5)ccn4)c3)cc2)cc1. The maximum Gasteiger partial charge on any atom is 0.255 e. The Hall–Kier alpha value is -6.94. The Morgan fingerprint density at radius 1 is 0.423 bits per heavy atom. The zero-order valence-corrected chi connectivity index (χ0v) is 28.6. The van der Waals surface area contributed by atoms with Crippen LogP contribution in [0, 0.1) is 0 Å². The molecule has 10 nitrogen and oxygen atoms in total. The number of hydrogen-bond acceptors (Lipinski definition) is 6. The monoisotopic (exact) mass is 688 g/mol. The van der Waals surface area contributed by atoms with E-state index in [2.05, 4.69) is 31.2 Å². The van der Waals surface area contributed by atoms with E-state index in [1.165, 1.54) is 26.2 Å². The molecule has 0 radical (unpaired) electrons. The lowest BCUT2D eigenvalue weighted by Crippen LogP contribution is -2.13. The Balaban J connectivity index is 1.04. The van der Waals surface area contributed by atoms with Gasteiger partial charge in [0.05, 0.1) is 11.4 Å². The molecule has 4 aromatic carbocycles. The highest BCUT2D eigenvalue weighted by Crippen LogP contribution is 2.21. The van der Waals surface area contributed by atoms with Gasteiger partial charge >= 0.3 is 0 Å². The fraction of sp³-hybridized carbons (Fsp3) is 0.0952. The minimum atomic E-state index is -0.302. The van der Waals surface area contributed by atoms with E-state index in [1.807, 2.05) is 97.1 Å². The molecular weight excluding hydrogens is 652 g/mol. The first-order valence-corrected chi connectivity index (χ1v) is 16.6. The third-order valence-electron chi connectivity index (χ3n) is 8.10. The van der Waals surface area contributed by atoms with Gasteiger partial charge in [-0.05, 0) is 108 Å². The highest BCUT2D eigenvalue weighted by atomic mass is 16.2. The van der Waals surface area contributed by atoms with E-state index in [4.69, 9.17) is 0 Å². The van der Waals surface area contributed by atoms with Gasteiger partial charge in [-0.15, -0.1) is 0 Å². The lowest BCUT2D eigenvalue weighted by molar-refractivity contribution is -0.115. The summed E-state index contributed by atoms with van der Waals surface area (Å²) in [7, 11) is 0. The smallest absolute Gasteiger partial charge is 0.255 e. The fourth-order valence-electron chi connectivity index (χ4n) is 5.53. The first-order chi connectivity index (χ1) is 25.2. The van der Waals surface area contributed by atoms with Crippen LogP contribution in [-0.4, -0.2) is 33.6 Å². The number of hydrogen-bond donors (Lipinski definition) is 4. The number of anilines is 4. The van der Waals surface area contributed by atoms with Gasteiger partial charge < -0.3 is 21.3 Å². The van der Waals surface area contributed by atoms with Crippen molar-refractivity contribution in [2.45, 2.75) is 26.7 Å². The summed E-state index contributed by atoms with van der Waals surface area (Å²) >= 11 is 0. The van der Waals surface area contributed by atoms with Gasteiger partial charge in [-0.25, -0.2) is 0 Å². The predicted molar refractivity (Wildman–Crippen MR) is 203 cm³/mol. The summed E-state index contributed by atoms with van der Waals surface area (Å²) in [6, 6.07) is 37.2. The molecule has 0 atom stereocenters. The number of benzene rings is 4. The molecule has 4 amide bonds. The second-order valence-corrected chi connectivity index (χ2v) is 12.3. The number of rotatable bonds is 11. The molecule has 0 saturated carbocycles. The van der Waals surface area contributed by atoms with Crippen LogP contribution in [0.1, 0.15) is 56.8 Å². The molecule has 2 heterocycles. The van der Waals surface area contributed by atoms with Gasteiger partial charge in [0.25, 0.3) is 11.8 Å². The summed E-state index contributed by atoms with van der Waals surface area (Å²) in [6.07, 6.45) is 4.49. The maximum atomic E-state index is 13.2. The topological polar surface area (TPSA) is 142 Å². The van der Waals surface area contributed by atoms with Crippen molar-refractivity contribution in [3.63, 3.8) is 0 Å². The first kappa shape index (κ1) is 34.9. The number of carbonyl (C=O) groups excluding carboxylic acids is 4. The molecule has 0 saturated heterocycles. The average Bonchev–Trinajstić information content (AvgIpc) is 3.14. The highest BCUT2D eigenvalue weighted by Gasteiger charge is 2.13. The number of aromatic nitrogens is 2. The first-order valence-electron chi connectivity index (χ1n) is 16.6. The third kappa shape index (κ3) is 9.60. The van der Waals surface area contributed by atoms with E-state index >= 15 is 0 Å². The Morgan fingerprint density at radius 2 is 0.712 bits per heavy atom. The van der Waals surface area contributed by atoms with E-state index in [0.29, 0.717) is 46.7 Å². The molecule has 0 aliphatic rings. The molecule has 258 valence electrons. The van der Waals surface area contributed by atoms with Crippen molar-refractivity contribution < 1.29 is 19.2 Å². The van der Waals surface area contributed by atoms with Crippen LogP contribution < -0.4 is 21.3 Å². The Bertz CT molecular complexity index is 2060. The molecule has 0 spiro atoms. The van der Waals surface area contributed by atoms with E-state index in [0.717, 1.165) is 33.6 Å². The second kappa shape index (κ2) is 16.2. The number of amides is 4. The van der Waals surface area contributed by atoms with Crippen molar-refractivity contribution in [2.24, 2.45) is 0 Å². The standard InChI is InChI=1S/C42H36N6O4/c1-27(49)45-35-11-3-29(4-12-35)23-31-7-15-37(16-8-31)47-41(51)33-19-21-43-39(25-33)40-26-34(20-22-44-40)42(52)48-38-17-9-32(10-18-38)24-30-5-13-36(14-6-30)46-28(2)50/h3-22,25-26H,23-24H2,1-2H3,(H,45,49)(H,46,50)(H,47,51)(H,48,52). The Labute approximate surface area is 301 Å².